The summed E-state index contributed by atoms with van der Waals surface area (Å²) in [5.74, 6) is 0.0422. The number of para-hydroxylation sites is 1. The topological polar surface area (TPSA) is 73.1 Å². The van der Waals surface area contributed by atoms with Crippen LogP contribution in [0.25, 0.3) is 16.6 Å². The first-order valence-corrected chi connectivity index (χ1v) is 9.84. The highest BCUT2D eigenvalue weighted by molar-refractivity contribution is 5.84. The molecule has 6 heteroatoms. The quantitative estimate of drug-likeness (QED) is 0.724. The summed E-state index contributed by atoms with van der Waals surface area (Å²) >= 11 is 0. The summed E-state index contributed by atoms with van der Waals surface area (Å²) in [6, 6.07) is 11.7. The Balaban J connectivity index is 2.31. The zero-order valence-corrected chi connectivity index (χ0v) is 17.5. The molecule has 1 atom stereocenters. The van der Waals surface area contributed by atoms with Crippen molar-refractivity contribution in [1.82, 2.24) is 14.5 Å². The number of aryl methyl sites for hydroxylation is 1. The molecule has 0 bridgehead atoms. The van der Waals surface area contributed by atoms with Gasteiger partial charge in [0.25, 0.3) is 5.56 Å². The Kier molecular flexibility index (Phi) is 5.73. The number of nitrogens with one attached hydrogen (secondary N) is 1. The van der Waals surface area contributed by atoms with E-state index in [-0.39, 0.29) is 11.5 Å². The molecular weight excluding hydrogens is 366 g/mol. The van der Waals surface area contributed by atoms with Gasteiger partial charge in [0.05, 0.1) is 16.6 Å². The maximum absolute atomic E-state index is 13.5. The smallest absolute Gasteiger partial charge is 0.336 e. The molecule has 1 unspecified atom stereocenters. The van der Waals surface area contributed by atoms with Crippen LogP contribution in [0.3, 0.4) is 0 Å². The Bertz CT molecular complexity index is 1190. The molecule has 6 nitrogen and oxygen atoms in total. The minimum Gasteiger partial charge on any atom is -0.354 e. The van der Waals surface area contributed by atoms with Crippen molar-refractivity contribution >= 4 is 16.8 Å². The number of nitrogens with zero attached hydrogens (tertiary/aromatic N) is 2. The molecule has 0 saturated heterocycles. The molecule has 0 fully saturated rings. The Hall–Kier alpha value is -3.15. The van der Waals surface area contributed by atoms with E-state index >= 15 is 0 Å². The number of carbonyl (C=O) groups excluding carboxylic acids is 1. The molecule has 2 aromatic carbocycles. The molecule has 3 aromatic rings. The molecule has 1 aromatic heterocycles. The van der Waals surface area contributed by atoms with Gasteiger partial charge >= 0.3 is 5.69 Å². The predicted octanol–water partition coefficient (Wildman–Crippen LogP) is 3.10. The van der Waals surface area contributed by atoms with Gasteiger partial charge < -0.3 is 5.32 Å². The first kappa shape index (κ1) is 20.6. The monoisotopic (exact) mass is 393 g/mol. The van der Waals surface area contributed by atoms with Crippen molar-refractivity contribution in [1.29, 1.82) is 0 Å². The zero-order valence-electron chi connectivity index (χ0n) is 17.5. The predicted molar refractivity (Wildman–Crippen MR) is 116 cm³/mol. The summed E-state index contributed by atoms with van der Waals surface area (Å²) in [4.78, 5) is 39.5. The third kappa shape index (κ3) is 3.75. The third-order valence-electron chi connectivity index (χ3n) is 5.26. The first-order chi connectivity index (χ1) is 13.7. The van der Waals surface area contributed by atoms with Crippen molar-refractivity contribution in [3.8, 4) is 5.69 Å². The van der Waals surface area contributed by atoms with Gasteiger partial charge in [-0.15, -0.1) is 0 Å². The van der Waals surface area contributed by atoms with Crippen molar-refractivity contribution in [2.24, 2.45) is 5.92 Å². The lowest BCUT2D eigenvalue weighted by molar-refractivity contribution is -0.124. The molecule has 1 amide bonds. The van der Waals surface area contributed by atoms with Crippen LogP contribution in [0.5, 0.6) is 0 Å². The second-order valence-corrected chi connectivity index (χ2v) is 7.84. The van der Waals surface area contributed by atoms with Gasteiger partial charge in [0.1, 0.15) is 6.04 Å². The van der Waals surface area contributed by atoms with Gasteiger partial charge in [-0.25, -0.2) is 9.36 Å². The average Bonchev–Trinajstić information content (AvgIpc) is 2.69. The number of benzene rings is 2. The van der Waals surface area contributed by atoms with E-state index in [9.17, 15) is 14.4 Å². The molecule has 0 aliphatic rings. The summed E-state index contributed by atoms with van der Waals surface area (Å²) < 4.78 is 2.59. The minimum atomic E-state index is -0.761. The van der Waals surface area contributed by atoms with Gasteiger partial charge in [-0.05, 0) is 56.0 Å². The number of carbonyl (C=O) groups is 1. The van der Waals surface area contributed by atoms with Crippen LogP contribution >= 0.6 is 0 Å². The Morgan fingerprint density at radius 1 is 1.00 bits per heavy atom. The molecule has 1 heterocycles. The van der Waals surface area contributed by atoms with Crippen LogP contribution in [0.15, 0.2) is 52.1 Å². The fraction of sp³-hybridized carbons (Fsp3) is 0.348. The standard InChI is InChI=1S/C23H27N3O3/c1-14(2)13-24-21(27)17(5)25-20-11-7-6-10-18(20)22(28)26(23(25)29)19-12-8-9-15(3)16(19)4/h6-12,14,17H,13H2,1-5H3,(H,24,27). The number of rotatable bonds is 5. The first-order valence-electron chi connectivity index (χ1n) is 9.84. The zero-order chi connectivity index (χ0) is 21.3. The second-order valence-electron chi connectivity index (χ2n) is 7.84. The van der Waals surface area contributed by atoms with E-state index in [0.29, 0.717) is 29.1 Å². The van der Waals surface area contributed by atoms with E-state index in [4.69, 9.17) is 0 Å². The van der Waals surface area contributed by atoms with Crippen molar-refractivity contribution in [3.05, 3.63) is 74.4 Å². The van der Waals surface area contributed by atoms with E-state index in [1.54, 1.807) is 37.3 Å². The number of fused-ring (bicyclic) bond motifs is 1. The lowest BCUT2D eigenvalue weighted by atomic mass is 10.1. The van der Waals surface area contributed by atoms with Gasteiger partial charge in [0, 0.05) is 6.54 Å². The summed E-state index contributed by atoms with van der Waals surface area (Å²) in [5, 5.41) is 3.28. The maximum Gasteiger partial charge on any atom is 0.336 e. The molecular formula is C23H27N3O3. The number of hydrogen-bond donors (Lipinski definition) is 1. The van der Waals surface area contributed by atoms with Crippen molar-refractivity contribution in [3.63, 3.8) is 0 Å². The van der Waals surface area contributed by atoms with Gasteiger partial charge in [-0.2, -0.15) is 0 Å². The summed E-state index contributed by atoms with van der Waals surface area (Å²) in [7, 11) is 0. The largest absolute Gasteiger partial charge is 0.354 e. The Morgan fingerprint density at radius 3 is 2.38 bits per heavy atom. The maximum atomic E-state index is 13.5. The van der Waals surface area contributed by atoms with Crippen LogP contribution < -0.4 is 16.6 Å². The molecule has 3 rings (SSSR count). The fourth-order valence-electron chi connectivity index (χ4n) is 3.42. The van der Waals surface area contributed by atoms with E-state index in [1.165, 1.54) is 9.13 Å². The molecule has 0 radical (unpaired) electrons. The highest BCUT2D eigenvalue weighted by Gasteiger charge is 2.23. The third-order valence-corrected chi connectivity index (χ3v) is 5.26. The molecule has 152 valence electrons. The summed E-state index contributed by atoms with van der Waals surface area (Å²) in [6.07, 6.45) is 0. The highest BCUT2D eigenvalue weighted by atomic mass is 16.2. The van der Waals surface area contributed by atoms with E-state index in [2.05, 4.69) is 5.32 Å². The summed E-state index contributed by atoms with van der Waals surface area (Å²) in [5.41, 5.74) is 1.92. The lowest BCUT2D eigenvalue weighted by Crippen LogP contribution is -2.44. The van der Waals surface area contributed by atoms with Crippen LogP contribution in [-0.4, -0.2) is 21.6 Å². The van der Waals surface area contributed by atoms with Gasteiger partial charge in [-0.3, -0.25) is 14.2 Å². The van der Waals surface area contributed by atoms with Crippen LogP contribution in [-0.2, 0) is 4.79 Å². The molecule has 0 spiro atoms. The van der Waals surface area contributed by atoms with Crippen molar-refractivity contribution < 1.29 is 4.79 Å². The Morgan fingerprint density at radius 2 is 1.69 bits per heavy atom. The van der Waals surface area contributed by atoms with Crippen LogP contribution in [0, 0.1) is 19.8 Å². The average molecular weight is 393 g/mol. The van der Waals surface area contributed by atoms with Crippen LogP contribution in [0.2, 0.25) is 0 Å². The normalized spacial score (nSPS) is 12.3. The van der Waals surface area contributed by atoms with E-state index in [1.807, 2.05) is 39.8 Å². The number of aromatic nitrogens is 2. The van der Waals surface area contributed by atoms with Crippen molar-refractivity contribution in [2.75, 3.05) is 6.54 Å². The van der Waals surface area contributed by atoms with E-state index in [0.717, 1.165) is 11.1 Å². The highest BCUT2D eigenvalue weighted by Crippen LogP contribution is 2.18. The van der Waals surface area contributed by atoms with Gasteiger partial charge in [0.2, 0.25) is 5.91 Å². The molecule has 0 aliphatic carbocycles. The van der Waals surface area contributed by atoms with Gasteiger partial charge in [0.15, 0.2) is 0 Å². The molecule has 0 saturated carbocycles. The fourth-order valence-corrected chi connectivity index (χ4v) is 3.42. The van der Waals surface area contributed by atoms with Crippen LogP contribution in [0.4, 0.5) is 0 Å². The lowest BCUT2D eigenvalue weighted by Gasteiger charge is -2.21. The SMILES string of the molecule is Cc1cccc(-n2c(=O)c3ccccc3n(C(C)C(=O)NCC(C)C)c2=O)c1C. The van der Waals surface area contributed by atoms with E-state index < -0.39 is 11.7 Å². The Labute approximate surface area is 169 Å². The minimum absolute atomic E-state index is 0.253. The van der Waals surface area contributed by atoms with Crippen LogP contribution in [0.1, 0.15) is 37.9 Å². The summed E-state index contributed by atoms with van der Waals surface area (Å²) in [6.45, 7) is 10.0. The number of hydrogen-bond acceptors (Lipinski definition) is 3. The molecule has 29 heavy (non-hydrogen) atoms. The van der Waals surface area contributed by atoms with Gasteiger partial charge in [-0.1, -0.05) is 38.1 Å². The molecule has 0 aliphatic heterocycles. The number of amides is 1. The van der Waals surface area contributed by atoms with Crippen molar-refractivity contribution in [2.45, 2.75) is 40.7 Å². The second kappa shape index (κ2) is 8.07. The molecule has 1 N–H and O–H groups in total.